The fourth-order valence-corrected chi connectivity index (χ4v) is 7.09. The molecular weight excluding hydrogens is 404 g/mol. The van der Waals surface area contributed by atoms with Crippen LogP contribution in [-0.2, 0) is 10.0 Å². The van der Waals surface area contributed by atoms with Gasteiger partial charge in [0.2, 0.25) is 10.0 Å². The van der Waals surface area contributed by atoms with E-state index in [9.17, 15) is 8.42 Å². The van der Waals surface area contributed by atoms with Crippen LogP contribution >= 0.6 is 0 Å². The summed E-state index contributed by atoms with van der Waals surface area (Å²) >= 11 is 0. The zero-order valence-electron chi connectivity index (χ0n) is 17.4. The summed E-state index contributed by atoms with van der Waals surface area (Å²) in [6, 6.07) is 21.0. The first-order valence-corrected chi connectivity index (χ1v) is 12.6. The molecule has 0 radical (unpaired) electrons. The van der Waals surface area contributed by atoms with Crippen molar-refractivity contribution >= 4 is 26.5 Å². The third-order valence-electron chi connectivity index (χ3n) is 7.17. The second-order valence-electron chi connectivity index (χ2n) is 8.94. The number of nitrogens with zero attached hydrogens (tertiary/aromatic N) is 1. The van der Waals surface area contributed by atoms with E-state index in [0.29, 0.717) is 23.9 Å². The van der Waals surface area contributed by atoms with Gasteiger partial charge in [-0.25, -0.2) is 8.42 Å². The van der Waals surface area contributed by atoms with Crippen LogP contribution in [0.3, 0.4) is 0 Å². The van der Waals surface area contributed by atoms with Crippen LogP contribution in [-0.4, -0.2) is 25.8 Å². The van der Waals surface area contributed by atoms with Gasteiger partial charge in [0.15, 0.2) is 0 Å². The van der Waals surface area contributed by atoms with Gasteiger partial charge < -0.3 is 5.32 Å². The maximum Gasteiger partial charge on any atom is 0.243 e. The summed E-state index contributed by atoms with van der Waals surface area (Å²) in [7, 11) is -3.41. The first-order chi connectivity index (χ1) is 15.1. The average Bonchev–Trinajstić information content (AvgIpc) is 3.50. The third kappa shape index (κ3) is 3.10. The average molecular weight is 431 g/mol. The van der Waals surface area contributed by atoms with E-state index in [2.05, 4.69) is 59.9 Å². The lowest BCUT2D eigenvalue weighted by molar-refractivity contribution is 0.425. The molecule has 158 valence electrons. The van der Waals surface area contributed by atoms with Crippen molar-refractivity contribution in [3.8, 4) is 0 Å². The summed E-state index contributed by atoms with van der Waals surface area (Å²) in [5, 5.41) is 6.25. The van der Waals surface area contributed by atoms with Gasteiger partial charge in [-0.15, -0.1) is 0 Å². The molecule has 3 atom stereocenters. The molecule has 31 heavy (non-hydrogen) atoms. The van der Waals surface area contributed by atoms with Crippen LogP contribution in [0, 0.1) is 5.92 Å². The maximum atomic E-state index is 13.1. The van der Waals surface area contributed by atoms with Crippen molar-refractivity contribution in [1.82, 2.24) is 4.31 Å². The number of anilines is 1. The summed E-state index contributed by atoms with van der Waals surface area (Å²) in [6.07, 6.45) is 7.42. The summed E-state index contributed by atoms with van der Waals surface area (Å²) in [4.78, 5) is 0.429. The molecule has 3 aromatic carbocycles. The van der Waals surface area contributed by atoms with E-state index in [-0.39, 0.29) is 12.0 Å². The Balaban J connectivity index is 1.39. The van der Waals surface area contributed by atoms with Crippen LogP contribution in [0.25, 0.3) is 10.8 Å². The number of allylic oxidation sites excluding steroid dienone is 2. The summed E-state index contributed by atoms with van der Waals surface area (Å²) < 4.78 is 27.9. The number of fused-ring (bicyclic) bond motifs is 4. The zero-order chi connectivity index (χ0) is 21.0. The van der Waals surface area contributed by atoms with Gasteiger partial charge in [0, 0.05) is 24.7 Å². The maximum absolute atomic E-state index is 13.1. The van der Waals surface area contributed by atoms with Gasteiger partial charge in [0.1, 0.15) is 0 Å². The molecule has 0 saturated carbocycles. The molecule has 1 saturated heterocycles. The SMILES string of the molecule is O=S(=O)(c1ccc2c(c1)C1C=CCC1C(c1ccc3ccccc3c1)N2)N1CCCC1. The Morgan fingerprint density at radius 1 is 0.903 bits per heavy atom. The topological polar surface area (TPSA) is 49.4 Å². The van der Waals surface area contributed by atoms with Crippen molar-refractivity contribution in [1.29, 1.82) is 0 Å². The van der Waals surface area contributed by atoms with E-state index in [1.54, 1.807) is 10.4 Å². The van der Waals surface area contributed by atoms with Crippen LogP contribution in [0.5, 0.6) is 0 Å². The minimum Gasteiger partial charge on any atom is -0.378 e. The molecule has 0 amide bonds. The van der Waals surface area contributed by atoms with Crippen molar-refractivity contribution in [2.24, 2.45) is 5.92 Å². The first kappa shape index (κ1) is 19.1. The minimum atomic E-state index is -3.41. The van der Waals surface area contributed by atoms with E-state index in [4.69, 9.17) is 0 Å². The largest absolute Gasteiger partial charge is 0.378 e. The summed E-state index contributed by atoms with van der Waals surface area (Å²) in [5.74, 6) is 0.625. The molecule has 2 aliphatic heterocycles. The second kappa shape index (κ2) is 7.21. The molecule has 1 N–H and O–H groups in total. The fraction of sp³-hybridized carbons (Fsp3) is 0.308. The van der Waals surface area contributed by atoms with E-state index in [1.165, 1.54) is 16.3 Å². The van der Waals surface area contributed by atoms with Gasteiger partial charge in [-0.05, 0) is 71.3 Å². The number of rotatable bonds is 3. The normalized spacial score (nSPS) is 25.4. The summed E-state index contributed by atoms with van der Waals surface area (Å²) in [5.41, 5.74) is 3.44. The predicted octanol–water partition coefficient (Wildman–Crippen LogP) is 5.45. The van der Waals surface area contributed by atoms with Gasteiger partial charge >= 0.3 is 0 Å². The van der Waals surface area contributed by atoms with Crippen LogP contribution in [0.4, 0.5) is 5.69 Å². The molecule has 6 rings (SSSR count). The fourth-order valence-electron chi connectivity index (χ4n) is 5.54. The lowest BCUT2D eigenvalue weighted by atomic mass is 9.77. The Kier molecular flexibility index (Phi) is 4.44. The van der Waals surface area contributed by atoms with E-state index >= 15 is 0 Å². The van der Waals surface area contributed by atoms with Gasteiger partial charge in [0.05, 0.1) is 10.9 Å². The minimum absolute atomic E-state index is 0.207. The number of hydrogen-bond acceptors (Lipinski definition) is 3. The number of nitrogens with one attached hydrogen (secondary N) is 1. The third-order valence-corrected chi connectivity index (χ3v) is 9.06. The molecule has 4 nitrogen and oxygen atoms in total. The Labute approximate surface area is 183 Å². The van der Waals surface area contributed by atoms with Crippen molar-refractivity contribution in [3.63, 3.8) is 0 Å². The van der Waals surface area contributed by atoms with Gasteiger partial charge in [-0.1, -0.05) is 48.6 Å². The molecule has 0 aromatic heterocycles. The summed E-state index contributed by atoms with van der Waals surface area (Å²) in [6.45, 7) is 1.27. The first-order valence-electron chi connectivity index (χ1n) is 11.2. The molecule has 2 heterocycles. The van der Waals surface area contributed by atoms with Gasteiger partial charge in [-0.3, -0.25) is 0 Å². The lowest BCUT2D eigenvalue weighted by Gasteiger charge is -2.38. The predicted molar refractivity (Wildman–Crippen MR) is 125 cm³/mol. The van der Waals surface area contributed by atoms with Gasteiger partial charge in [0.25, 0.3) is 0 Å². The number of benzene rings is 3. The van der Waals surface area contributed by atoms with E-state index < -0.39 is 10.0 Å². The van der Waals surface area contributed by atoms with Gasteiger partial charge in [-0.2, -0.15) is 4.31 Å². The van der Waals surface area contributed by atoms with E-state index in [1.807, 2.05) is 12.1 Å². The van der Waals surface area contributed by atoms with Crippen molar-refractivity contribution in [2.45, 2.75) is 36.1 Å². The highest BCUT2D eigenvalue weighted by Gasteiger charge is 2.39. The highest BCUT2D eigenvalue weighted by atomic mass is 32.2. The molecule has 3 unspecified atom stereocenters. The standard InChI is InChI=1S/C26H26N2O2S/c29-31(30,28-14-3-4-15-28)21-12-13-25-24(17-21)22-8-5-9-23(22)26(27-25)20-11-10-18-6-1-2-7-19(18)16-20/h1-2,5-8,10-13,16-17,22-23,26-27H,3-4,9,14-15H2. The number of hydrogen-bond donors (Lipinski definition) is 1. The van der Waals surface area contributed by atoms with Crippen LogP contribution in [0.15, 0.2) is 77.7 Å². The van der Waals surface area contributed by atoms with E-state index in [0.717, 1.165) is 30.5 Å². The molecule has 3 aromatic rings. The smallest absolute Gasteiger partial charge is 0.243 e. The van der Waals surface area contributed by atoms with Crippen LogP contribution < -0.4 is 5.32 Å². The molecular formula is C26H26N2O2S. The van der Waals surface area contributed by atoms with Crippen molar-refractivity contribution < 1.29 is 8.42 Å². The van der Waals surface area contributed by atoms with Crippen LogP contribution in [0.1, 0.15) is 42.3 Å². The monoisotopic (exact) mass is 430 g/mol. The quantitative estimate of drug-likeness (QED) is 0.562. The molecule has 1 fully saturated rings. The molecule has 1 aliphatic carbocycles. The molecule has 3 aliphatic rings. The molecule has 0 spiro atoms. The lowest BCUT2D eigenvalue weighted by Crippen LogP contribution is -2.30. The van der Waals surface area contributed by atoms with Crippen molar-refractivity contribution in [3.05, 3.63) is 83.9 Å². The zero-order valence-corrected chi connectivity index (χ0v) is 18.2. The van der Waals surface area contributed by atoms with Crippen LogP contribution in [0.2, 0.25) is 0 Å². The Bertz CT molecular complexity index is 1290. The highest BCUT2D eigenvalue weighted by molar-refractivity contribution is 7.89. The number of sulfonamides is 1. The Morgan fingerprint density at radius 2 is 1.71 bits per heavy atom. The molecule has 5 heteroatoms. The van der Waals surface area contributed by atoms with Crippen molar-refractivity contribution in [2.75, 3.05) is 18.4 Å². The highest BCUT2D eigenvalue weighted by Crippen LogP contribution is 2.50. The second-order valence-corrected chi connectivity index (χ2v) is 10.9. The molecule has 0 bridgehead atoms. The Hall–Kier alpha value is -2.63. The Morgan fingerprint density at radius 3 is 2.55 bits per heavy atom.